The number of rotatable bonds is 9. The van der Waals surface area contributed by atoms with Crippen molar-refractivity contribution < 1.29 is 4.79 Å². The zero-order valence-corrected chi connectivity index (χ0v) is 15.4. The molecule has 2 aromatic carbocycles. The van der Waals surface area contributed by atoms with Gasteiger partial charge in [-0.25, -0.2) is 0 Å². The second-order valence-corrected chi connectivity index (χ2v) is 5.90. The van der Waals surface area contributed by atoms with Gasteiger partial charge in [0, 0.05) is 31.7 Å². The van der Waals surface area contributed by atoms with Crippen LogP contribution in [0.4, 0.5) is 0 Å². The van der Waals surface area contributed by atoms with E-state index < -0.39 is 0 Å². The van der Waals surface area contributed by atoms with Crippen LogP contribution in [0.15, 0.2) is 65.7 Å². The van der Waals surface area contributed by atoms with Crippen LogP contribution in [-0.2, 0) is 6.42 Å². The van der Waals surface area contributed by atoms with E-state index in [0.717, 1.165) is 31.9 Å². The van der Waals surface area contributed by atoms with Crippen LogP contribution in [-0.4, -0.2) is 38.0 Å². The predicted octanol–water partition coefficient (Wildman–Crippen LogP) is 2.60. The summed E-state index contributed by atoms with van der Waals surface area (Å²) in [6.45, 7) is 4.98. The SMILES string of the molecule is CCNC(=NCCCNC(=O)c1ccccc1)NCCc1ccccc1. The van der Waals surface area contributed by atoms with Gasteiger partial charge in [0.15, 0.2) is 5.96 Å². The molecular formula is C21H28N4O. The molecule has 0 saturated heterocycles. The van der Waals surface area contributed by atoms with Gasteiger partial charge in [-0.1, -0.05) is 48.5 Å². The van der Waals surface area contributed by atoms with Crippen molar-refractivity contribution in [1.82, 2.24) is 16.0 Å². The second kappa shape index (κ2) is 11.7. The summed E-state index contributed by atoms with van der Waals surface area (Å²) in [6.07, 6.45) is 1.76. The first kappa shape index (κ1) is 19.5. The Hall–Kier alpha value is -2.82. The molecule has 138 valence electrons. The van der Waals surface area contributed by atoms with Crippen LogP contribution in [0.3, 0.4) is 0 Å². The Labute approximate surface area is 155 Å². The van der Waals surface area contributed by atoms with Crippen molar-refractivity contribution in [1.29, 1.82) is 0 Å². The number of benzene rings is 2. The lowest BCUT2D eigenvalue weighted by atomic mass is 10.1. The second-order valence-electron chi connectivity index (χ2n) is 5.90. The lowest BCUT2D eigenvalue weighted by Crippen LogP contribution is -2.38. The number of hydrogen-bond acceptors (Lipinski definition) is 2. The standard InChI is InChI=1S/C21H28N4O/c1-2-22-21(25-17-14-18-10-5-3-6-11-18)24-16-9-15-23-20(26)19-12-7-4-8-13-19/h3-8,10-13H,2,9,14-17H2,1H3,(H,23,26)(H2,22,24,25). The van der Waals surface area contributed by atoms with Gasteiger partial charge in [-0.2, -0.15) is 0 Å². The zero-order chi connectivity index (χ0) is 18.5. The maximum atomic E-state index is 11.9. The summed E-state index contributed by atoms with van der Waals surface area (Å²) in [6, 6.07) is 19.6. The summed E-state index contributed by atoms with van der Waals surface area (Å²) in [7, 11) is 0. The van der Waals surface area contributed by atoms with Gasteiger partial charge in [0.1, 0.15) is 0 Å². The fourth-order valence-corrected chi connectivity index (χ4v) is 2.48. The molecule has 5 heteroatoms. The molecule has 0 spiro atoms. The van der Waals surface area contributed by atoms with Gasteiger partial charge >= 0.3 is 0 Å². The fraction of sp³-hybridized carbons (Fsp3) is 0.333. The Morgan fingerprint density at radius 2 is 1.58 bits per heavy atom. The van der Waals surface area contributed by atoms with Crippen molar-refractivity contribution in [2.24, 2.45) is 4.99 Å². The van der Waals surface area contributed by atoms with E-state index in [1.807, 2.05) is 36.4 Å². The highest BCUT2D eigenvalue weighted by Gasteiger charge is 2.02. The molecule has 2 rings (SSSR count). The average molecular weight is 352 g/mol. The third kappa shape index (κ3) is 7.38. The quantitative estimate of drug-likeness (QED) is 0.369. The molecule has 0 radical (unpaired) electrons. The number of hydrogen-bond donors (Lipinski definition) is 3. The maximum absolute atomic E-state index is 11.9. The number of amides is 1. The fourth-order valence-electron chi connectivity index (χ4n) is 2.48. The van der Waals surface area contributed by atoms with Gasteiger partial charge in [0.05, 0.1) is 0 Å². The summed E-state index contributed by atoms with van der Waals surface area (Å²) in [4.78, 5) is 16.5. The number of nitrogens with one attached hydrogen (secondary N) is 3. The first-order chi connectivity index (χ1) is 12.8. The van der Waals surface area contributed by atoms with Crippen molar-refractivity contribution in [3.05, 3.63) is 71.8 Å². The topological polar surface area (TPSA) is 65.5 Å². The third-order valence-electron chi connectivity index (χ3n) is 3.82. The van der Waals surface area contributed by atoms with E-state index in [2.05, 4.69) is 52.1 Å². The molecule has 0 saturated carbocycles. The number of nitrogens with zero attached hydrogens (tertiary/aromatic N) is 1. The van der Waals surface area contributed by atoms with E-state index in [1.165, 1.54) is 5.56 Å². The Balaban J connectivity index is 1.67. The number of carbonyl (C=O) groups is 1. The summed E-state index contributed by atoms with van der Waals surface area (Å²) in [5, 5.41) is 9.51. The minimum Gasteiger partial charge on any atom is -0.357 e. The molecule has 5 nitrogen and oxygen atoms in total. The Morgan fingerprint density at radius 1 is 0.885 bits per heavy atom. The lowest BCUT2D eigenvalue weighted by Gasteiger charge is -2.11. The van der Waals surface area contributed by atoms with Crippen LogP contribution >= 0.6 is 0 Å². The molecule has 1 amide bonds. The third-order valence-corrected chi connectivity index (χ3v) is 3.82. The highest BCUT2D eigenvalue weighted by Crippen LogP contribution is 1.99. The minimum atomic E-state index is -0.0394. The maximum Gasteiger partial charge on any atom is 0.251 e. The van der Waals surface area contributed by atoms with E-state index >= 15 is 0 Å². The lowest BCUT2D eigenvalue weighted by molar-refractivity contribution is 0.0953. The largest absolute Gasteiger partial charge is 0.357 e. The van der Waals surface area contributed by atoms with Crippen LogP contribution in [0.25, 0.3) is 0 Å². The Morgan fingerprint density at radius 3 is 2.27 bits per heavy atom. The predicted molar refractivity (Wildman–Crippen MR) is 108 cm³/mol. The van der Waals surface area contributed by atoms with E-state index in [1.54, 1.807) is 0 Å². The van der Waals surface area contributed by atoms with Crippen molar-refractivity contribution in [2.75, 3.05) is 26.2 Å². The molecule has 0 aromatic heterocycles. The van der Waals surface area contributed by atoms with Crippen molar-refractivity contribution in [3.63, 3.8) is 0 Å². The van der Waals surface area contributed by atoms with Crippen LogP contribution in [0, 0.1) is 0 Å². The first-order valence-electron chi connectivity index (χ1n) is 9.19. The van der Waals surface area contributed by atoms with Crippen LogP contribution in [0.1, 0.15) is 29.3 Å². The summed E-state index contributed by atoms with van der Waals surface area (Å²) in [5.74, 6) is 0.778. The molecule has 0 fully saturated rings. The molecular weight excluding hydrogens is 324 g/mol. The molecule has 2 aromatic rings. The van der Waals surface area contributed by atoms with E-state index in [-0.39, 0.29) is 5.91 Å². The van der Waals surface area contributed by atoms with Crippen molar-refractivity contribution in [3.8, 4) is 0 Å². The van der Waals surface area contributed by atoms with Gasteiger partial charge in [0.25, 0.3) is 5.91 Å². The summed E-state index contributed by atoms with van der Waals surface area (Å²) in [5.41, 5.74) is 1.99. The van der Waals surface area contributed by atoms with Crippen LogP contribution < -0.4 is 16.0 Å². The molecule has 0 atom stereocenters. The molecule has 0 aliphatic rings. The zero-order valence-electron chi connectivity index (χ0n) is 15.4. The van der Waals surface area contributed by atoms with Gasteiger partial charge in [-0.3, -0.25) is 9.79 Å². The Kier molecular flexibility index (Phi) is 8.77. The average Bonchev–Trinajstić information content (AvgIpc) is 2.69. The first-order valence-corrected chi connectivity index (χ1v) is 9.19. The number of aliphatic imine (C=N–C) groups is 1. The number of guanidine groups is 1. The van der Waals surface area contributed by atoms with Gasteiger partial charge < -0.3 is 16.0 Å². The van der Waals surface area contributed by atoms with Crippen molar-refractivity contribution in [2.45, 2.75) is 19.8 Å². The molecule has 3 N–H and O–H groups in total. The molecule has 26 heavy (non-hydrogen) atoms. The molecule has 0 aliphatic heterocycles. The molecule has 0 aliphatic carbocycles. The minimum absolute atomic E-state index is 0.0394. The van der Waals surface area contributed by atoms with Crippen molar-refractivity contribution >= 4 is 11.9 Å². The van der Waals surface area contributed by atoms with E-state index in [9.17, 15) is 4.79 Å². The highest BCUT2D eigenvalue weighted by molar-refractivity contribution is 5.94. The summed E-state index contributed by atoms with van der Waals surface area (Å²) >= 11 is 0. The monoisotopic (exact) mass is 352 g/mol. The van der Waals surface area contributed by atoms with E-state index in [0.29, 0.717) is 18.7 Å². The van der Waals surface area contributed by atoms with Gasteiger partial charge in [-0.15, -0.1) is 0 Å². The van der Waals surface area contributed by atoms with Gasteiger partial charge in [0.2, 0.25) is 0 Å². The summed E-state index contributed by atoms with van der Waals surface area (Å²) < 4.78 is 0. The number of carbonyl (C=O) groups excluding carboxylic acids is 1. The Bertz CT molecular complexity index is 671. The van der Waals surface area contributed by atoms with E-state index in [4.69, 9.17) is 0 Å². The normalized spacial score (nSPS) is 11.0. The van der Waals surface area contributed by atoms with Crippen LogP contribution in [0.2, 0.25) is 0 Å². The molecule has 0 bridgehead atoms. The van der Waals surface area contributed by atoms with Gasteiger partial charge in [-0.05, 0) is 37.5 Å². The smallest absolute Gasteiger partial charge is 0.251 e. The molecule has 0 heterocycles. The van der Waals surface area contributed by atoms with Crippen LogP contribution in [0.5, 0.6) is 0 Å². The highest BCUT2D eigenvalue weighted by atomic mass is 16.1. The molecule has 0 unspecified atom stereocenters.